The van der Waals surface area contributed by atoms with Gasteiger partial charge in [0.1, 0.15) is 5.82 Å². The van der Waals surface area contributed by atoms with Crippen LogP contribution in [0.15, 0.2) is 34.1 Å². The van der Waals surface area contributed by atoms with Crippen LogP contribution in [0, 0.1) is 12.7 Å². The van der Waals surface area contributed by atoms with Gasteiger partial charge >= 0.3 is 0 Å². The highest BCUT2D eigenvalue weighted by Gasteiger charge is 2.13. The van der Waals surface area contributed by atoms with Crippen LogP contribution in [0.4, 0.5) is 10.1 Å². The zero-order valence-corrected chi connectivity index (χ0v) is 13.6. The second-order valence-electron chi connectivity index (χ2n) is 4.30. The Kier molecular flexibility index (Phi) is 3.62. The Morgan fingerprint density at radius 3 is 2.85 bits per heavy atom. The van der Waals surface area contributed by atoms with E-state index >= 15 is 0 Å². The predicted molar refractivity (Wildman–Crippen MR) is 86.5 cm³/mol. The summed E-state index contributed by atoms with van der Waals surface area (Å²) in [5, 5.41) is 4.76. The molecular formula is C14H9BrFNOS2. The number of nitrogens with one attached hydrogen (secondary N) is 1. The quantitative estimate of drug-likeness (QED) is 0.641. The summed E-state index contributed by atoms with van der Waals surface area (Å²) in [6.45, 7) is 1.83. The molecule has 0 bridgehead atoms. The second-order valence-corrected chi connectivity index (χ2v) is 7.18. The number of hydrogen-bond donors (Lipinski definition) is 1. The van der Waals surface area contributed by atoms with Crippen molar-refractivity contribution in [3.05, 3.63) is 50.4 Å². The number of halogens is 2. The van der Waals surface area contributed by atoms with Crippen LogP contribution in [0.1, 0.15) is 15.2 Å². The molecule has 0 aliphatic rings. The molecule has 0 aliphatic heterocycles. The summed E-state index contributed by atoms with van der Waals surface area (Å²) in [4.78, 5) is 12.8. The van der Waals surface area contributed by atoms with Crippen LogP contribution in [0.2, 0.25) is 0 Å². The Labute approximate surface area is 131 Å². The van der Waals surface area contributed by atoms with Crippen molar-refractivity contribution in [2.24, 2.45) is 0 Å². The Morgan fingerprint density at radius 2 is 2.10 bits per heavy atom. The fraction of sp³-hybridized carbons (Fsp3) is 0.0714. The largest absolute Gasteiger partial charge is 0.321 e. The minimum absolute atomic E-state index is 0.205. The normalized spacial score (nSPS) is 10.9. The van der Waals surface area contributed by atoms with E-state index in [0.717, 1.165) is 15.0 Å². The first kappa shape index (κ1) is 13.7. The maximum atomic E-state index is 13.5. The molecule has 20 heavy (non-hydrogen) atoms. The monoisotopic (exact) mass is 369 g/mol. The van der Waals surface area contributed by atoms with Crippen molar-refractivity contribution < 1.29 is 9.18 Å². The fourth-order valence-corrected chi connectivity index (χ4v) is 4.30. The van der Waals surface area contributed by atoms with Gasteiger partial charge in [0.25, 0.3) is 5.91 Å². The van der Waals surface area contributed by atoms with E-state index in [4.69, 9.17) is 0 Å². The van der Waals surface area contributed by atoms with Crippen LogP contribution in [0.3, 0.4) is 0 Å². The zero-order valence-electron chi connectivity index (χ0n) is 10.4. The average Bonchev–Trinajstić information content (AvgIpc) is 2.96. The van der Waals surface area contributed by atoms with E-state index in [1.807, 2.05) is 24.4 Å². The minimum atomic E-state index is -0.391. The highest BCUT2D eigenvalue weighted by Crippen LogP contribution is 2.31. The third kappa shape index (κ3) is 2.51. The molecule has 1 aromatic carbocycles. The number of carbonyl (C=O) groups excluding carboxylic acids is 1. The highest BCUT2D eigenvalue weighted by atomic mass is 79.9. The van der Waals surface area contributed by atoms with E-state index in [0.29, 0.717) is 15.0 Å². The summed E-state index contributed by atoms with van der Waals surface area (Å²) < 4.78 is 16.1. The minimum Gasteiger partial charge on any atom is -0.321 e. The molecule has 0 spiro atoms. The van der Waals surface area contributed by atoms with Gasteiger partial charge in [0.15, 0.2) is 0 Å². The molecule has 6 heteroatoms. The van der Waals surface area contributed by atoms with Crippen molar-refractivity contribution in [1.29, 1.82) is 0 Å². The number of hydrogen-bond acceptors (Lipinski definition) is 3. The SMILES string of the molecule is Cc1cc(Br)c(F)cc1NC(=O)c1cc2sccc2s1. The molecule has 2 heterocycles. The number of amides is 1. The van der Waals surface area contributed by atoms with Crippen LogP contribution in [0.25, 0.3) is 9.40 Å². The van der Waals surface area contributed by atoms with Gasteiger partial charge in [-0.05, 0) is 58.1 Å². The van der Waals surface area contributed by atoms with Gasteiger partial charge in [-0.25, -0.2) is 4.39 Å². The molecule has 0 fully saturated rings. The number of carbonyl (C=O) groups is 1. The lowest BCUT2D eigenvalue weighted by Crippen LogP contribution is -2.11. The Balaban J connectivity index is 1.89. The van der Waals surface area contributed by atoms with Gasteiger partial charge < -0.3 is 5.32 Å². The van der Waals surface area contributed by atoms with Gasteiger partial charge in [0.05, 0.1) is 9.35 Å². The molecule has 1 N–H and O–H groups in total. The van der Waals surface area contributed by atoms with Gasteiger partial charge in [-0.2, -0.15) is 0 Å². The molecule has 0 atom stereocenters. The van der Waals surface area contributed by atoms with Crippen LogP contribution in [-0.4, -0.2) is 5.91 Å². The Hall–Kier alpha value is -1.24. The van der Waals surface area contributed by atoms with Gasteiger partial charge in [-0.15, -0.1) is 22.7 Å². The molecule has 0 aliphatic carbocycles. The summed E-state index contributed by atoms with van der Waals surface area (Å²) in [6, 6.07) is 6.84. The molecular weight excluding hydrogens is 361 g/mol. The molecule has 2 aromatic heterocycles. The molecule has 0 saturated carbocycles. The second kappa shape index (κ2) is 5.27. The number of anilines is 1. The number of aryl methyl sites for hydroxylation is 1. The maximum absolute atomic E-state index is 13.5. The van der Waals surface area contributed by atoms with Gasteiger partial charge in [0, 0.05) is 15.1 Å². The summed E-state index contributed by atoms with van der Waals surface area (Å²) in [5.41, 5.74) is 1.30. The lowest BCUT2D eigenvalue weighted by atomic mass is 10.2. The molecule has 0 saturated heterocycles. The summed E-state index contributed by atoms with van der Waals surface area (Å²) in [5.74, 6) is -0.596. The number of rotatable bonds is 2. The summed E-state index contributed by atoms with van der Waals surface area (Å²) >= 11 is 6.17. The van der Waals surface area contributed by atoms with Crippen LogP contribution < -0.4 is 5.32 Å². The smallest absolute Gasteiger partial charge is 0.265 e. The van der Waals surface area contributed by atoms with Crippen molar-refractivity contribution in [3.63, 3.8) is 0 Å². The fourth-order valence-electron chi connectivity index (χ4n) is 1.84. The van der Waals surface area contributed by atoms with E-state index in [1.165, 1.54) is 17.4 Å². The maximum Gasteiger partial charge on any atom is 0.265 e. The van der Waals surface area contributed by atoms with Crippen LogP contribution in [0.5, 0.6) is 0 Å². The average molecular weight is 370 g/mol. The third-order valence-electron chi connectivity index (χ3n) is 2.88. The molecule has 3 aromatic rings. The van der Waals surface area contributed by atoms with Crippen molar-refractivity contribution in [2.75, 3.05) is 5.32 Å². The molecule has 0 radical (unpaired) electrons. The first-order valence-electron chi connectivity index (χ1n) is 5.78. The zero-order chi connectivity index (χ0) is 14.3. The predicted octanol–water partition coefficient (Wildman–Crippen LogP) is 5.43. The lowest BCUT2D eigenvalue weighted by Gasteiger charge is -2.08. The topological polar surface area (TPSA) is 29.1 Å². The highest BCUT2D eigenvalue weighted by molar-refractivity contribution is 9.10. The molecule has 3 rings (SSSR count). The Bertz CT molecular complexity index is 780. The first-order valence-corrected chi connectivity index (χ1v) is 8.27. The molecule has 102 valence electrons. The van der Waals surface area contributed by atoms with E-state index in [-0.39, 0.29) is 5.91 Å². The van der Waals surface area contributed by atoms with Crippen molar-refractivity contribution in [1.82, 2.24) is 0 Å². The third-order valence-corrected chi connectivity index (χ3v) is 5.58. The van der Waals surface area contributed by atoms with Crippen LogP contribution in [-0.2, 0) is 0 Å². The van der Waals surface area contributed by atoms with Crippen molar-refractivity contribution >= 4 is 59.6 Å². The first-order chi connectivity index (χ1) is 9.54. The molecule has 0 unspecified atom stereocenters. The van der Waals surface area contributed by atoms with Crippen LogP contribution >= 0.6 is 38.6 Å². The molecule has 2 nitrogen and oxygen atoms in total. The lowest BCUT2D eigenvalue weighted by molar-refractivity contribution is 0.103. The summed E-state index contributed by atoms with van der Waals surface area (Å²) in [6.07, 6.45) is 0. The standard InChI is InChI=1S/C14H9BrFNOS2/c1-7-4-8(15)9(16)5-10(7)17-14(18)13-6-12-11(20-13)2-3-19-12/h2-6H,1H3,(H,17,18). The van der Waals surface area contributed by atoms with Gasteiger partial charge in [-0.3, -0.25) is 4.79 Å². The van der Waals surface area contributed by atoms with Gasteiger partial charge in [-0.1, -0.05) is 0 Å². The van der Waals surface area contributed by atoms with Crippen molar-refractivity contribution in [3.8, 4) is 0 Å². The van der Waals surface area contributed by atoms with E-state index in [9.17, 15) is 9.18 Å². The van der Waals surface area contributed by atoms with E-state index in [2.05, 4.69) is 21.2 Å². The van der Waals surface area contributed by atoms with Crippen molar-refractivity contribution in [2.45, 2.75) is 6.92 Å². The van der Waals surface area contributed by atoms with E-state index < -0.39 is 5.82 Å². The number of thiophene rings is 2. The van der Waals surface area contributed by atoms with Gasteiger partial charge in [0.2, 0.25) is 0 Å². The summed E-state index contributed by atoms with van der Waals surface area (Å²) in [7, 11) is 0. The number of fused-ring (bicyclic) bond motifs is 1. The molecule has 1 amide bonds. The van der Waals surface area contributed by atoms with E-state index in [1.54, 1.807) is 17.4 Å². The number of benzene rings is 1. The Morgan fingerprint density at radius 1 is 1.30 bits per heavy atom.